The van der Waals surface area contributed by atoms with Gasteiger partial charge in [0.05, 0.1) is 12.3 Å². The van der Waals surface area contributed by atoms with E-state index in [-0.39, 0.29) is 17.8 Å². The molecule has 5 rings (SSSR count). The van der Waals surface area contributed by atoms with Crippen molar-refractivity contribution in [2.45, 2.75) is 76.8 Å². The van der Waals surface area contributed by atoms with E-state index in [9.17, 15) is 14.4 Å². The molecule has 0 radical (unpaired) electrons. The highest BCUT2D eigenvalue weighted by atomic mass is 35.5. The van der Waals surface area contributed by atoms with E-state index in [1.807, 2.05) is 41.3 Å². The summed E-state index contributed by atoms with van der Waals surface area (Å²) < 4.78 is 7.16. The van der Waals surface area contributed by atoms with Gasteiger partial charge >= 0.3 is 5.97 Å². The molecular formula is C36H43Cl3N4O4. The Morgan fingerprint density at radius 3 is 2.15 bits per heavy atom. The van der Waals surface area contributed by atoms with Crippen LogP contribution in [0.3, 0.4) is 0 Å². The Labute approximate surface area is 292 Å². The van der Waals surface area contributed by atoms with Gasteiger partial charge in [0, 0.05) is 52.2 Å². The van der Waals surface area contributed by atoms with Crippen LogP contribution in [0, 0.1) is 0 Å². The van der Waals surface area contributed by atoms with Crippen LogP contribution >= 0.6 is 34.8 Å². The predicted octanol–water partition coefficient (Wildman–Crippen LogP) is 7.85. The number of unbranched alkanes of at least 4 members (excludes halogenated alkanes) is 2. The number of benzene rings is 2. The van der Waals surface area contributed by atoms with Gasteiger partial charge < -0.3 is 19.9 Å². The van der Waals surface area contributed by atoms with Crippen LogP contribution in [0.2, 0.25) is 15.1 Å². The van der Waals surface area contributed by atoms with Crippen molar-refractivity contribution in [3.05, 3.63) is 69.3 Å². The van der Waals surface area contributed by atoms with Crippen molar-refractivity contribution in [3.8, 4) is 22.4 Å². The number of primary amides is 1. The van der Waals surface area contributed by atoms with Crippen molar-refractivity contribution in [1.82, 2.24) is 14.4 Å². The van der Waals surface area contributed by atoms with E-state index in [0.717, 1.165) is 67.6 Å². The smallest absolute Gasteiger partial charge is 0.305 e. The lowest BCUT2D eigenvalue weighted by atomic mass is 9.83. The first-order valence-electron chi connectivity index (χ1n) is 16.6. The van der Waals surface area contributed by atoms with Crippen LogP contribution in [-0.4, -0.2) is 70.5 Å². The molecule has 2 fully saturated rings. The van der Waals surface area contributed by atoms with E-state index in [2.05, 4.69) is 9.47 Å². The number of amides is 2. The van der Waals surface area contributed by atoms with Crippen molar-refractivity contribution >= 4 is 52.6 Å². The van der Waals surface area contributed by atoms with Gasteiger partial charge in [0.25, 0.3) is 5.91 Å². The van der Waals surface area contributed by atoms with Crippen LogP contribution < -0.4 is 5.73 Å². The summed E-state index contributed by atoms with van der Waals surface area (Å²) in [7, 11) is 0. The fourth-order valence-electron chi connectivity index (χ4n) is 7.02. The van der Waals surface area contributed by atoms with Crippen molar-refractivity contribution < 1.29 is 19.1 Å². The number of nitrogens with zero attached hydrogens (tertiary/aromatic N) is 3. The molecule has 2 saturated heterocycles. The van der Waals surface area contributed by atoms with E-state index in [4.69, 9.17) is 45.3 Å². The fourth-order valence-corrected chi connectivity index (χ4v) is 7.66. The van der Waals surface area contributed by atoms with E-state index in [1.165, 1.54) is 0 Å². The highest BCUT2D eigenvalue weighted by Gasteiger charge is 2.46. The SMILES string of the molecule is CCOC(=O)CCCCCn1c(C(=O)N2CCC(C(N)=O)(N3CCCCC3)CC2)cc(-c2ccc(Cl)cc2Cl)c1-c1ccc(Cl)cc1. The molecule has 0 spiro atoms. The number of piperidine rings is 2. The van der Waals surface area contributed by atoms with Crippen LogP contribution in [0.15, 0.2) is 48.5 Å². The minimum atomic E-state index is -0.728. The maximum Gasteiger partial charge on any atom is 0.305 e. The quantitative estimate of drug-likeness (QED) is 0.153. The summed E-state index contributed by atoms with van der Waals surface area (Å²) in [5.74, 6) is -0.616. The number of hydrogen-bond acceptors (Lipinski definition) is 5. The number of rotatable bonds is 12. The van der Waals surface area contributed by atoms with E-state index in [0.29, 0.717) is 72.7 Å². The molecule has 2 aromatic carbocycles. The van der Waals surface area contributed by atoms with Crippen LogP contribution in [0.4, 0.5) is 0 Å². The molecule has 1 aromatic heterocycles. The number of esters is 1. The number of carbonyl (C=O) groups is 3. The van der Waals surface area contributed by atoms with Crippen molar-refractivity contribution in [2.24, 2.45) is 5.73 Å². The minimum absolute atomic E-state index is 0.111. The Bertz CT molecular complexity index is 1580. The number of halogens is 3. The second-order valence-corrected chi connectivity index (χ2v) is 13.7. The number of likely N-dealkylation sites (tertiary alicyclic amines) is 2. The van der Waals surface area contributed by atoms with Crippen molar-refractivity contribution in [2.75, 3.05) is 32.8 Å². The molecule has 2 N–H and O–H groups in total. The molecule has 2 amide bonds. The van der Waals surface area contributed by atoms with Crippen LogP contribution in [0.25, 0.3) is 22.4 Å². The molecule has 0 saturated carbocycles. The second-order valence-electron chi connectivity index (χ2n) is 12.4. The minimum Gasteiger partial charge on any atom is -0.466 e. The Morgan fingerprint density at radius 2 is 1.51 bits per heavy atom. The molecule has 2 aliphatic rings. The Balaban J connectivity index is 1.50. The van der Waals surface area contributed by atoms with Gasteiger partial charge in [0.1, 0.15) is 11.2 Å². The average molecular weight is 702 g/mol. The maximum atomic E-state index is 14.5. The zero-order valence-corrected chi connectivity index (χ0v) is 29.2. The molecule has 252 valence electrons. The highest BCUT2D eigenvalue weighted by molar-refractivity contribution is 6.36. The predicted molar refractivity (Wildman–Crippen MR) is 188 cm³/mol. The fraction of sp³-hybridized carbons (Fsp3) is 0.472. The van der Waals surface area contributed by atoms with Gasteiger partial charge in [-0.25, -0.2) is 0 Å². The second kappa shape index (κ2) is 15.9. The van der Waals surface area contributed by atoms with Gasteiger partial charge in [-0.15, -0.1) is 0 Å². The van der Waals surface area contributed by atoms with Crippen LogP contribution in [0.1, 0.15) is 75.2 Å². The van der Waals surface area contributed by atoms with E-state index in [1.54, 1.807) is 19.1 Å². The molecule has 0 unspecified atom stereocenters. The maximum absolute atomic E-state index is 14.5. The Morgan fingerprint density at radius 1 is 0.830 bits per heavy atom. The van der Waals surface area contributed by atoms with Gasteiger partial charge in [-0.1, -0.05) is 65.8 Å². The summed E-state index contributed by atoms with van der Waals surface area (Å²) in [6.45, 7) is 5.27. The summed E-state index contributed by atoms with van der Waals surface area (Å²) in [6, 6.07) is 14.8. The van der Waals surface area contributed by atoms with Crippen LogP contribution in [0.5, 0.6) is 0 Å². The van der Waals surface area contributed by atoms with Gasteiger partial charge in [-0.05, 0) is 94.4 Å². The standard InChI is InChI=1S/C36H43Cl3N4O4/c1-2-47-32(44)9-5-3-8-20-43-31(34(45)41-21-16-36(17-22-41,35(40)46)42-18-6-4-7-19-42)24-29(28-15-14-27(38)23-30(28)39)33(43)25-10-12-26(37)13-11-25/h10-15,23-24H,2-9,16-22H2,1H3,(H2,40,46). The largest absolute Gasteiger partial charge is 0.466 e. The molecule has 3 heterocycles. The molecule has 2 aliphatic heterocycles. The summed E-state index contributed by atoms with van der Waals surface area (Å²) in [6.07, 6.45) is 6.82. The van der Waals surface area contributed by atoms with Gasteiger partial charge in [0.2, 0.25) is 5.91 Å². The molecule has 3 aromatic rings. The molecule has 11 heteroatoms. The molecule has 47 heavy (non-hydrogen) atoms. The van der Waals surface area contributed by atoms with Crippen LogP contribution in [-0.2, 0) is 20.9 Å². The summed E-state index contributed by atoms with van der Waals surface area (Å²) in [5, 5.41) is 1.60. The van der Waals surface area contributed by atoms with Crippen molar-refractivity contribution in [3.63, 3.8) is 0 Å². The van der Waals surface area contributed by atoms with Gasteiger partial charge in [-0.3, -0.25) is 19.3 Å². The highest BCUT2D eigenvalue weighted by Crippen LogP contribution is 2.41. The number of nitrogens with two attached hydrogens (primary N) is 1. The number of ether oxygens (including phenoxy) is 1. The summed E-state index contributed by atoms with van der Waals surface area (Å²) in [5.41, 5.74) is 9.14. The Kier molecular flexibility index (Phi) is 11.9. The Hall–Kier alpha value is -3.04. The summed E-state index contributed by atoms with van der Waals surface area (Å²) >= 11 is 19.3. The summed E-state index contributed by atoms with van der Waals surface area (Å²) in [4.78, 5) is 43.4. The lowest BCUT2D eigenvalue weighted by Gasteiger charge is -2.48. The molecule has 0 aliphatic carbocycles. The molecule has 0 atom stereocenters. The first-order chi connectivity index (χ1) is 22.6. The third kappa shape index (κ3) is 7.99. The van der Waals surface area contributed by atoms with Gasteiger partial charge in [0.15, 0.2) is 0 Å². The lowest BCUT2D eigenvalue weighted by Crippen LogP contribution is -2.63. The lowest BCUT2D eigenvalue weighted by molar-refractivity contribution is -0.143. The van der Waals surface area contributed by atoms with E-state index < -0.39 is 5.54 Å². The normalized spacial score (nSPS) is 16.6. The zero-order chi connectivity index (χ0) is 33.6. The average Bonchev–Trinajstić information content (AvgIpc) is 3.44. The first-order valence-corrected chi connectivity index (χ1v) is 17.7. The zero-order valence-electron chi connectivity index (χ0n) is 26.9. The number of aromatic nitrogens is 1. The third-order valence-electron chi connectivity index (χ3n) is 9.52. The number of carbonyl (C=O) groups excluding carboxylic acids is 3. The van der Waals surface area contributed by atoms with Gasteiger partial charge in [-0.2, -0.15) is 0 Å². The molecule has 0 bridgehead atoms. The van der Waals surface area contributed by atoms with Crippen molar-refractivity contribution in [1.29, 1.82) is 0 Å². The van der Waals surface area contributed by atoms with E-state index >= 15 is 0 Å². The first kappa shape index (κ1) is 35.3. The monoisotopic (exact) mass is 700 g/mol. The molecule has 8 nitrogen and oxygen atoms in total. The third-order valence-corrected chi connectivity index (χ3v) is 10.3. The number of hydrogen-bond donors (Lipinski definition) is 1. The topological polar surface area (TPSA) is 97.9 Å². The molecular weight excluding hydrogens is 659 g/mol.